The predicted octanol–water partition coefficient (Wildman–Crippen LogP) is 5.06. The minimum absolute atomic E-state index is 0.00426. The molecule has 5 nitrogen and oxygen atoms in total. The van der Waals surface area contributed by atoms with E-state index < -0.39 is 0 Å². The van der Waals surface area contributed by atoms with Crippen LogP contribution in [0.3, 0.4) is 0 Å². The molecule has 1 heterocycles. The molecular weight excluding hydrogens is 434 g/mol. The van der Waals surface area contributed by atoms with Crippen LogP contribution < -0.4 is 10.2 Å². The first-order valence-electron chi connectivity index (χ1n) is 11.4. The standard InChI is InChI=1S/C27H26ClN3O2/c1-17(32)31(16-18-6-7-18)26-11-9-21(14-24(26)28)25-10-8-22(15-29-25)27(33)30-23-12-19-4-2-3-5-20(19)13-23/h2-5,8-11,14-15,18,23H,6-7,12-13,16H2,1H3,(H,30,33). The van der Waals surface area contributed by atoms with Crippen LogP contribution in [0.1, 0.15) is 41.3 Å². The van der Waals surface area contributed by atoms with E-state index in [1.54, 1.807) is 24.1 Å². The summed E-state index contributed by atoms with van der Waals surface area (Å²) >= 11 is 6.55. The predicted molar refractivity (Wildman–Crippen MR) is 131 cm³/mol. The van der Waals surface area contributed by atoms with Crippen LogP contribution in [0.2, 0.25) is 5.02 Å². The highest BCUT2D eigenvalue weighted by Crippen LogP contribution is 2.35. The Kier molecular flexibility index (Phi) is 5.90. The Bertz CT molecular complexity index is 1180. The van der Waals surface area contributed by atoms with Crippen LogP contribution in [-0.4, -0.2) is 29.4 Å². The molecule has 0 unspecified atom stereocenters. The Hall–Kier alpha value is -3.18. The highest BCUT2D eigenvalue weighted by molar-refractivity contribution is 6.34. The third-order valence-corrected chi connectivity index (χ3v) is 6.77. The highest BCUT2D eigenvalue weighted by Gasteiger charge is 2.27. The number of hydrogen-bond acceptors (Lipinski definition) is 3. The van der Waals surface area contributed by atoms with Crippen molar-refractivity contribution in [3.63, 3.8) is 0 Å². The topological polar surface area (TPSA) is 62.3 Å². The monoisotopic (exact) mass is 459 g/mol. The fourth-order valence-corrected chi connectivity index (χ4v) is 4.75. The maximum absolute atomic E-state index is 12.7. The minimum atomic E-state index is -0.114. The van der Waals surface area contributed by atoms with Gasteiger partial charge in [-0.3, -0.25) is 14.6 Å². The summed E-state index contributed by atoms with van der Waals surface area (Å²) in [6, 6.07) is 17.7. The van der Waals surface area contributed by atoms with E-state index >= 15 is 0 Å². The van der Waals surface area contributed by atoms with E-state index in [-0.39, 0.29) is 17.9 Å². The number of amides is 2. The molecule has 2 aromatic carbocycles. The normalized spacial score (nSPS) is 15.2. The van der Waals surface area contributed by atoms with Gasteiger partial charge in [-0.05, 0) is 67.0 Å². The summed E-state index contributed by atoms with van der Waals surface area (Å²) in [7, 11) is 0. The fourth-order valence-electron chi connectivity index (χ4n) is 4.47. The minimum Gasteiger partial charge on any atom is -0.349 e. The summed E-state index contributed by atoms with van der Waals surface area (Å²) < 4.78 is 0. The number of nitrogens with one attached hydrogen (secondary N) is 1. The molecule has 0 radical (unpaired) electrons. The molecule has 1 saturated carbocycles. The molecule has 2 amide bonds. The lowest BCUT2D eigenvalue weighted by molar-refractivity contribution is -0.116. The molecule has 1 fully saturated rings. The van der Waals surface area contributed by atoms with Gasteiger partial charge >= 0.3 is 0 Å². The fraction of sp³-hybridized carbons (Fsp3) is 0.296. The first-order valence-corrected chi connectivity index (χ1v) is 11.8. The number of benzene rings is 2. The Morgan fingerprint density at radius 2 is 1.79 bits per heavy atom. The summed E-state index contributed by atoms with van der Waals surface area (Å²) in [5.41, 5.74) is 5.44. The van der Waals surface area contributed by atoms with Crippen molar-refractivity contribution >= 4 is 29.1 Å². The third kappa shape index (κ3) is 4.79. The van der Waals surface area contributed by atoms with E-state index in [2.05, 4.69) is 22.4 Å². The number of carbonyl (C=O) groups is 2. The lowest BCUT2D eigenvalue weighted by Gasteiger charge is -2.22. The van der Waals surface area contributed by atoms with Crippen LogP contribution in [-0.2, 0) is 17.6 Å². The van der Waals surface area contributed by atoms with Crippen molar-refractivity contribution in [3.8, 4) is 11.3 Å². The van der Waals surface area contributed by atoms with Crippen molar-refractivity contribution in [1.29, 1.82) is 0 Å². The van der Waals surface area contributed by atoms with Gasteiger partial charge in [0.15, 0.2) is 0 Å². The van der Waals surface area contributed by atoms with Crippen molar-refractivity contribution in [2.45, 2.75) is 38.6 Å². The van der Waals surface area contributed by atoms with Gasteiger partial charge in [-0.25, -0.2) is 0 Å². The van der Waals surface area contributed by atoms with Crippen LogP contribution in [0, 0.1) is 5.92 Å². The SMILES string of the molecule is CC(=O)N(CC1CC1)c1ccc(-c2ccc(C(=O)NC3Cc4ccccc4C3)cn2)cc1Cl. The van der Waals surface area contributed by atoms with Gasteiger partial charge in [0.05, 0.1) is 22.0 Å². The van der Waals surface area contributed by atoms with Crippen LogP contribution in [0.15, 0.2) is 60.8 Å². The number of carbonyl (C=O) groups excluding carboxylic acids is 2. The van der Waals surface area contributed by atoms with E-state index in [1.165, 1.54) is 11.1 Å². The molecule has 0 aliphatic heterocycles. The summed E-state index contributed by atoms with van der Waals surface area (Å²) in [5, 5.41) is 3.65. The van der Waals surface area contributed by atoms with Gasteiger partial charge in [-0.2, -0.15) is 0 Å². The van der Waals surface area contributed by atoms with Gasteiger partial charge in [0.25, 0.3) is 5.91 Å². The van der Waals surface area contributed by atoms with Gasteiger partial charge in [-0.15, -0.1) is 0 Å². The van der Waals surface area contributed by atoms with Crippen molar-refractivity contribution < 1.29 is 9.59 Å². The maximum Gasteiger partial charge on any atom is 0.253 e. The second-order valence-electron chi connectivity index (χ2n) is 9.02. The van der Waals surface area contributed by atoms with E-state index in [9.17, 15) is 9.59 Å². The zero-order chi connectivity index (χ0) is 22.9. The molecule has 0 bridgehead atoms. The maximum atomic E-state index is 12.7. The largest absolute Gasteiger partial charge is 0.349 e. The molecule has 0 saturated heterocycles. The van der Waals surface area contributed by atoms with Gasteiger partial charge in [0.1, 0.15) is 0 Å². The average Bonchev–Trinajstić information content (AvgIpc) is 3.54. The number of halogens is 1. The molecule has 1 N–H and O–H groups in total. The number of fused-ring (bicyclic) bond motifs is 1. The third-order valence-electron chi connectivity index (χ3n) is 6.46. The first-order chi connectivity index (χ1) is 16.0. The second-order valence-corrected chi connectivity index (χ2v) is 9.43. The molecule has 33 heavy (non-hydrogen) atoms. The number of aromatic nitrogens is 1. The van der Waals surface area contributed by atoms with Crippen LogP contribution in [0.25, 0.3) is 11.3 Å². The Labute approximate surface area is 198 Å². The zero-order valence-corrected chi connectivity index (χ0v) is 19.3. The average molecular weight is 460 g/mol. The number of hydrogen-bond donors (Lipinski definition) is 1. The van der Waals surface area contributed by atoms with Gasteiger partial charge < -0.3 is 10.2 Å². The number of rotatable bonds is 6. The van der Waals surface area contributed by atoms with Crippen LogP contribution >= 0.6 is 11.6 Å². The molecule has 2 aliphatic rings. The van der Waals surface area contributed by atoms with Gasteiger partial charge in [0, 0.05) is 31.3 Å². The van der Waals surface area contributed by atoms with E-state index in [0.29, 0.717) is 23.0 Å². The molecule has 5 rings (SSSR count). The van der Waals surface area contributed by atoms with E-state index in [0.717, 1.165) is 42.6 Å². The lowest BCUT2D eigenvalue weighted by Crippen LogP contribution is -2.35. The Morgan fingerprint density at radius 3 is 2.36 bits per heavy atom. The number of anilines is 1. The smallest absolute Gasteiger partial charge is 0.253 e. The summed E-state index contributed by atoms with van der Waals surface area (Å²) in [4.78, 5) is 31.1. The molecule has 168 valence electrons. The summed E-state index contributed by atoms with van der Waals surface area (Å²) in [6.07, 6.45) is 5.64. The van der Waals surface area contributed by atoms with Crippen molar-refractivity contribution in [3.05, 3.63) is 82.5 Å². The van der Waals surface area contributed by atoms with Crippen LogP contribution in [0.4, 0.5) is 5.69 Å². The molecule has 1 aromatic heterocycles. The van der Waals surface area contributed by atoms with E-state index in [1.807, 2.05) is 36.4 Å². The molecular formula is C27H26ClN3O2. The van der Waals surface area contributed by atoms with Gasteiger partial charge in [0.2, 0.25) is 5.91 Å². The molecule has 3 aromatic rings. The van der Waals surface area contributed by atoms with Crippen molar-refractivity contribution in [1.82, 2.24) is 10.3 Å². The first kappa shape index (κ1) is 21.7. The Morgan fingerprint density at radius 1 is 1.06 bits per heavy atom. The van der Waals surface area contributed by atoms with Crippen molar-refractivity contribution in [2.75, 3.05) is 11.4 Å². The highest BCUT2D eigenvalue weighted by atomic mass is 35.5. The zero-order valence-electron chi connectivity index (χ0n) is 18.6. The van der Waals surface area contributed by atoms with E-state index in [4.69, 9.17) is 11.6 Å². The van der Waals surface area contributed by atoms with Crippen molar-refractivity contribution in [2.24, 2.45) is 5.92 Å². The molecule has 0 spiro atoms. The molecule has 0 atom stereocenters. The quantitative estimate of drug-likeness (QED) is 0.560. The number of nitrogens with zero attached hydrogens (tertiary/aromatic N) is 2. The molecule has 6 heteroatoms. The summed E-state index contributed by atoms with van der Waals surface area (Å²) in [5.74, 6) is 0.455. The molecule has 2 aliphatic carbocycles. The summed E-state index contributed by atoms with van der Waals surface area (Å²) in [6.45, 7) is 2.28. The number of pyridine rings is 1. The Balaban J connectivity index is 1.27. The van der Waals surface area contributed by atoms with Crippen LogP contribution in [0.5, 0.6) is 0 Å². The lowest BCUT2D eigenvalue weighted by atomic mass is 10.1. The van der Waals surface area contributed by atoms with Gasteiger partial charge in [-0.1, -0.05) is 41.9 Å². The second kappa shape index (κ2) is 8.99.